The van der Waals surface area contributed by atoms with E-state index in [2.05, 4.69) is 4.74 Å². The van der Waals surface area contributed by atoms with Crippen molar-refractivity contribution in [3.05, 3.63) is 0 Å². The van der Waals surface area contributed by atoms with E-state index in [0.717, 1.165) is 0 Å². The lowest BCUT2D eigenvalue weighted by atomic mass is 9.97. The summed E-state index contributed by atoms with van der Waals surface area (Å²) in [5.41, 5.74) is 0. The number of hydrogen-bond donors (Lipinski definition) is 0. The quantitative estimate of drug-likeness (QED) is 0.479. The zero-order chi connectivity index (χ0) is 11.1. The van der Waals surface area contributed by atoms with Gasteiger partial charge in [-0.25, -0.2) is 0 Å². The number of rotatable bonds is 6. The predicted octanol–water partition coefficient (Wildman–Crippen LogP) is 1.18. The first-order valence-electron chi connectivity index (χ1n) is 4.70. The van der Waals surface area contributed by atoms with Crippen molar-refractivity contribution in [3.63, 3.8) is 0 Å². The van der Waals surface area contributed by atoms with Crippen molar-refractivity contribution < 1.29 is 19.1 Å². The average molecular weight is 202 g/mol. The largest absolute Gasteiger partial charge is 0.468 e. The molecule has 0 heterocycles. The van der Waals surface area contributed by atoms with Crippen LogP contribution in [0.5, 0.6) is 0 Å². The summed E-state index contributed by atoms with van der Waals surface area (Å²) >= 11 is 0. The molecule has 0 radical (unpaired) electrons. The standard InChI is InChI=1S/C10H18O4/c1-5-8(10(12)14-4)9(11)6-7(2)13-3/h7-8H,5-6H2,1-4H3. The molecule has 2 atom stereocenters. The van der Waals surface area contributed by atoms with E-state index < -0.39 is 11.9 Å². The Bertz CT molecular complexity index is 200. The summed E-state index contributed by atoms with van der Waals surface area (Å²) in [5, 5.41) is 0. The molecule has 0 saturated heterocycles. The van der Waals surface area contributed by atoms with Crippen molar-refractivity contribution in [3.8, 4) is 0 Å². The third-order valence-electron chi connectivity index (χ3n) is 2.17. The van der Waals surface area contributed by atoms with Crippen molar-refractivity contribution in [2.24, 2.45) is 5.92 Å². The Morgan fingerprint density at radius 2 is 1.86 bits per heavy atom. The first-order valence-corrected chi connectivity index (χ1v) is 4.70. The maximum absolute atomic E-state index is 11.6. The Kier molecular flexibility index (Phi) is 6.12. The molecule has 0 N–H and O–H groups in total. The van der Waals surface area contributed by atoms with E-state index in [4.69, 9.17) is 4.74 Å². The molecule has 0 aliphatic rings. The molecule has 0 fully saturated rings. The molecule has 0 aromatic heterocycles. The molecule has 0 rings (SSSR count). The van der Waals surface area contributed by atoms with Crippen molar-refractivity contribution in [2.45, 2.75) is 32.8 Å². The Hall–Kier alpha value is -0.900. The number of carbonyl (C=O) groups is 2. The van der Waals surface area contributed by atoms with Gasteiger partial charge in [-0.05, 0) is 13.3 Å². The van der Waals surface area contributed by atoms with Gasteiger partial charge in [0.15, 0.2) is 0 Å². The van der Waals surface area contributed by atoms with Crippen LogP contribution in [0.25, 0.3) is 0 Å². The Morgan fingerprint density at radius 3 is 2.21 bits per heavy atom. The minimum atomic E-state index is -0.641. The van der Waals surface area contributed by atoms with Gasteiger partial charge in [-0.2, -0.15) is 0 Å². The number of esters is 1. The Labute approximate surface area is 84.6 Å². The van der Waals surface area contributed by atoms with Gasteiger partial charge >= 0.3 is 5.97 Å². The highest BCUT2D eigenvalue weighted by atomic mass is 16.5. The minimum absolute atomic E-state index is 0.117. The monoisotopic (exact) mass is 202 g/mol. The number of Topliss-reactive ketones (excluding diaryl/α,β-unsaturated/α-hetero) is 1. The van der Waals surface area contributed by atoms with E-state index in [1.165, 1.54) is 14.2 Å². The number of hydrogen-bond acceptors (Lipinski definition) is 4. The van der Waals surface area contributed by atoms with E-state index in [-0.39, 0.29) is 18.3 Å². The summed E-state index contributed by atoms with van der Waals surface area (Å²) in [7, 11) is 2.83. The van der Waals surface area contributed by atoms with Crippen LogP contribution >= 0.6 is 0 Å². The molecule has 0 spiro atoms. The molecular weight excluding hydrogens is 184 g/mol. The first kappa shape index (κ1) is 13.1. The van der Waals surface area contributed by atoms with Crippen LogP contribution in [0.3, 0.4) is 0 Å². The molecule has 0 aliphatic heterocycles. The molecule has 0 aromatic rings. The van der Waals surface area contributed by atoms with Crippen LogP contribution in [0.4, 0.5) is 0 Å². The topological polar surface area (TPSA) is 52.6 Å². The van der Waals surface area contributed by atoms with Crippen LogP contribution in [0.15, 0.2) is 0 Å². The molecule has 0 amide bonds. The highest BCUT2D eigenvalue weighted by Gasteiger charge is 2.26. The lowest BCUT2D eigenvalue weighted by Crippen LogP contribution is -2.27. The fourth-order valence-corrected chi connectivity index (χ4v) is 1.18. The molecular formula is C10H18O4. The summed E-state index contributed by atoms with van der Waals surface area (Å²) < 4.78 is 9.49. The van der Waals surface area contributed by atoms with Crippen LogP contribution in [0, 0.1) is 5.92 Å². The summed E-state index contributed by atoms with van der Waals surface area (Å²) in [6.07, 6.45) is 0.577. The molecule has 4 nitrogen and oxygen atoms in total. The second-order valence-electron chi connectivity index (χ2n) is 3.20. The van der Waals surface area contributed by atoms with E-state index in [9.17, 15) is 9.59 Å². The van der Waals surface area contributed by atoms with Crippen molar-refractivity contribution in [2.75, 3.05) is 14.2 Å². The fourth-order valence-electron chi connectivity index (χ4n) is 1.18. The van der Waals surface area contributed by atoms with Crippen LogP contribution in [-0.4, -0.2) is 32.1 Å². The third kappa shape index (κ3) is 3.87. The maximum atomic E-state index is 11.6. The molecule has 82 valence electrons. The van der Waals surface area contributed by atoms with Gasteiger partial charge in [0.1, 0.15) is 11.7 Å². The fraction of sp³-hybridized carbons (Fsp3) is 0.800. The van der Waals surface area contributed by atoms with Crippen LogP contribution in [-0.2, 0) is 19.1 Å². The van der Waals surface area contributed by atoms with Crippen LogP contribution in [0.2, 0.25) is 0 Å². The van der Waals surface area contributed by atoms with Gasteiger partial charge in [0.05, 0.1) is 13.2 Å². The molecule has 0 bridgehead atoms. The highest BCUT2D eigenvalue weighted by molar-refractivity contribution is 5.99. The summed E-state index contributed by atoms with van der Waals surface area (Å²) in [6.45, 7) is 3.58. The van der Waals surface area contributed by atoms with Crippen LogP contribution in [0.1, 0.15) is 26.7 Å². The van der Waals surface area contributed by atoms with E-state index in [1.54, 1.807) is 13.8 Å². The molecule has 14 heavy (non-hydrogen) atoms. The van der Waals surface area contributed by atoms with Crippen LogP contribution < -0.4 is 0 Å². The normalized spacial score (nSPS) is 14.6. The molecule has 0 saturated carbocycles. The van der Waals surface area contributed by atoms with Crippen molar-refractivity contribution >= 4 is 11.8 Å². The third-order valence-corrected chi connectivity index (χ3v) is 2.17. The smallest absolute Gasteiger partial charge is 0.316 e. The van der Waals surface area contributed by atoms with E-state index >= 15 is 0 Å². The SMILES string of the molecule is CCC(C(=O)CC(C)OC)C(=O)OC. The second-order valence-corrected chi connectivity index (χ2v) is 3.20. The summed E-state index contributed by atoms with van der Waals surface area (Å²) in [4.78, 5) is 22.7. The van der Waals surface area contributed by atoms with Gasteiger partial charge in [-0.3, -0.25) is 9.59 Å². The van der Waals surface area contributed by atoms with Gasteiger partial charge in [-0.15, -0.1) is 0 Å². The number of ketones is 1. The zero-order valence-corrected chi connectivity index (χ0v) is 9.20. The molecule has 0 aliphatic carbocycles. The number of carbonyl (C=O) groups excluding carboxylic acids is 2. The minimum Gasteiger partial charge on any atom is -0.468 e. The van der Waals surface area contributed by atoms with Crippen molar-refractivity contribution in [1.82, 2.24) is 0 Å². The van der Waals surface area contributed by atoms with Gasteiger partial charge in [0.2, 0.25) is 0 Å². The first-order chi connectivity index (χ1) is 6.56. The highest BCUT2D eigenvalue weighted by Crippen LogP contribution is 2.11. The number of methoxy groups -OCH3 is 2. The van der Waals surface area contributed by atoms with Crippen molar-refractivity contribution in [1.29, 1.82) is 0 Å². The second kappa shape index (κ2) is 6.54. The van der Waals surface area contributed by atoms with Gasteiger partial charge < -0.3 is 9.47 Å². The Morgan fingerprint density at radius 1 is 1.29 bits per heavy atom. The maximum Gasteiger partial charge on any atom is 0.316 e. The molecule has 0 aromatic carbocycles. The van der Waals surface area contributed by atoms with Gasteiger partial charge in [-0.1, -0.05) is 6.92 Å². The molecule has 2 unspecified atom stereocenters. The number of ether oxygens (including phenoxy) is 2. The molecule has 4 heteroatoms. The van der Waals surface area contributed by atoms with E-state index in [1.807, 2.05) is 0 Å². The Balaban J connectivity index is 4.25. The van der Waals surface area contributed by atoms with E-state index in [0.29, 0.717) is 6.42 Å². The van der Waals surface area contributed by atoms with Gasteiger partial charge in [0.25, 0.3) is 0 Å². The zero-order valence-electron chi connectivity index (χ0n) is 9.20. The lowest BCUT2D eigenvalue weighted by molar-refractivity contribution is -0.150. The predicted molar refractivity (Wildman–Crippen MR) is 51.9 cm³/mol. The average Bonchev–Trinajstić information content (AvgIpc) is 2.18. The van der Waals surface area contributed by atoms with Gasteiger partial charge in [0, 0.05) is 13.5 Å². The summed E-state index contributed by atoms with van der Waals surface area (Å²) in [5.74, 6) is -1.22. The summed E-state index contributed by atoms with van der Waals surface area (Å²) in [6, 6.07) is 0. The lowest BCUT2D eigenvalue weighted by Gasteiger charge is -2.13.